The largest absolute Gasteiger partial charge is 0.379 e. The average molecular weight is 222 g/mol. The van der Waals surface area contributed by atoms with Gasteiger partial charge >= 0.3 is 0 Å². The number of nitrogens with one attached hydrogen (secondary N) is 1. The molecule has 1 rings (SSSR count). The van der Waals surface area contributed by atoms with Crippen molar-refractivity contribution in [1.29, 1.82) is 0 Å². The van der Waals surface area contributed by atoms with Crippen LogP contribution < -0.4 is 11.3 Å². The Balaban J connectivity index is 2.92. The highest BCUT2D eigenvalue weighted by Gasteiger charge is 2.22. The lowest BCUT2D eigenvalue weighted by molar-refractivity contribution is 0.0604. The number of hydrogen-bond acceptors (Lipinski definition) is 3. The molecule has 0 bridgehead atoms. The summed E-state index contributed by atoms with van der Waals surface area (Å²) in [7, 11) is 1.74. The Hall–Kier alpha value is -0.900. The number of aryl methyl sites for hydroxylation is 1. The zero-order valence-electron chi connectivity index (χ0n) is 10.4. The number of hydrazine groups is 1. The number of ether oxygens (including phenoxy) is 1. The molecule has 0 radical (unpaired) electrons. The number of methoxy groups -OCH3 is 1. The van der Waals surface area contributed by atoms with Crippen LogP contribution in [0.1, 0.15) is 36.9 Å². The summed E-state index contributed by atoms with van der Waals surface area (Å²) < 4.78 is 5.51. The van der Waals surface area contributed by atoms with E-state index in [0.29, 0.717) is 0 Å². The topological polar surface area (TPSA) is 47.3 Å². The molecule has 0 saturated heterocycles. The van der Waals surface area contributed by atoms with E-state index in [4.69, 9.17) is 10.6 Å². The highest BCUT2D eigenvalue weighted by molar-refractivity contribution is 5.29. The monoisotopic (exact) mass is 222 g/mol. The lowest BCUT2D eigenvalue weighted by atomic mass is 9.95. The third-order valence-electron chi connectivity index (χ3n) is 2.95. The van der Waals surface area contributed by atoms with Crippen LogP contribution in [-0.4, -0.2) is 13.2 Å². The molecule has 3 N–H and O–H groups in total. The van der Waals surface area contributed by atoms with E-state index in [9.17, 15) is 0 Å². The summed E-state index contributed by atoms with van der Waals surface area (Å²) in [6.45, 7) is 4.25. The lowest BCUT2D eigenvalue weighted by Gasteiger charge is -2.26. The van der Waals surface area contributed by atoms with Gasteiger partial charge in [-0.15, -0.1) is 0 Å². The van der Waals surface area contributed by atoms with Crippen molar-refractivity contribution in [2.75, 3.05) is 7.11 Å². The van der Waals surface area contributed by atoms with Gasteiger partial charge in [0.2, 0.25) is 0 Å². The third kappa shape index (κ3) is 3.04. The molecule has 0 amide bonds. The Morgan fingerprint density at radius 3 is 2.56 bits per heavy atom. The van der Waals surface area contributed by atoms with Gasteiger partial charge < -0.3 is 4.74 Å². The first-order chi connectivity index (χ1) is 7.74. The van der Waals surface area contributed by atoms with Crippen molar-refractivity contribution in [1.82, 2.24) is 5.43 Å². The standard InChI is InChI=1S/C13H22N2O/c1-4-7-12(16-3)13(15-14)11-9-6-5-8-10(11)2/h5-6,8-9,12-13,15H,4,7,14H2,1-3H3. The number of nitrogens with two attached hydrogens (primary N) is 1. The van der Waals surface area contributed by atoms with Gasteiger partial charge in [0, 0.05) is 7.11 Å². The molecule has 0 aliphatic carbocycles. The van der Waals surface area contributed by atoms with Crippen molar-refractivity contribution in [2.24, 2.45) is 5.84 Å². The van der Waals surface area contributed by atoms with E-state index < -0.39 is 0 Å². The normalized spacial score (nSPS) is 14.8. The van der Waals surface area contributed by atoms with Gasteiger partial charge in [0.15, 0.2) is 0 Å². The minimum Gasteiger partial charge on any atom is -0.379 e. The quantitative estimate of drug-likeness (QED) is 0.573. The molecule has 90 valence electrons. The van der Waals surface area contributed by atoms with Crippen LogP contribution >= 0.6 is 0 Å². The second kappa shape index (κ2) is 6.63. The van der Waals surface area contributed by atoms with Gasteiger partial charge in [0.05, 0.1) is 12.1 Å². The highest BCUT2D eigenvalue weighted by Crippen LogP contribution is 2.24. The van der Waals surface area contributed by atoms with E-state index in [2.05, 4.69) is 31.4 Å². The number of benzene rings is 1. The molecule has 0 saturated carbocycles. The lowest BCUT2D eigenvalue weighted by Crippen LogP contribution is -2.38. The number of hydrogen-bond donors (Lipinski definition) is 2. The summed E-state index contributed by atoms with van der Waals surface area (Å²) in [5.74, 6) is 5.65. The fraction of sp³-hybridized carbons (Fsp3) is 0.538. The van der Waals surface area contributed by atoms with Gasteiger partial charge in [0.1, 0.15) is 0 Å². The zero-order chi connectivity index (χ0) is 12.0. The Bertz CT molecular complexity index is 315. The molecule has 3 heteroatoms. The van der Waals surface area contributed by atoms with E-state index in [1.165, 1.54) is 11.1 Å². The molecule has 1 aromatic carbocycles. The predicted octanol–water partition coefficient (Wildman–Crippen LogP) is 2.31. The maximum absolute atomic E-state index is 5.65. The van der Waals surface area contributed by atoms with Crippen molar-refractivity contribution in [3.8, 4) is 0 Å². The van der Waals surface area contributed by atoms with Gasteiger partial charge in [0.25, 0.3) is 0 Å². The van der Waals surface area contributed by atoms with Crippen molar-refractivity contribution in [3.63, 3.8) is 0 Å². The highest BCUT2D eigenvalue weighted by atomic mass is 16.5. The summed E-state index contributed by atoms with van der Waals surface area (Å²) in [4.78, 5) is 0. The molecule has 0 aliphatic rings. The first-order valence-corrected chi connectivity index (χ1v) is 5.79. The molecular formula is C13H22N2O. The predicted molar refractivity (Wildman–Crippen MR) is 66.9 cm³/mol. The molecule has 0 aromatic heterocycles. The molecule has 2 atom stereocenters. The van der Waals surface area contributed by atoms with E-state index in [1.807, 2.05) is 12.1 Å². The van der Waals surface area contributed by atoms with Crippen LogP contribution in [0.5, 0.6) is 0 Å². The van der Waals surface area contributed by atoms with Crippen LogP contribution in [0, 0.1) is 6.92 Å². The van der Waals surface area contributed by atoms with Crippen molar-refractivity contribution in [3.05, 3.63) is 35.4 Å². The summed E-state index contributed by atoms with van der Waals surface area (Å²) in [5.41, 5.74) is 5.32. The summed E-state index contributed by atoms with van der Waals surface area (Å²) in [6, 6.07) is 8.32. The Morgan fingerprint density at radius 1 is 1.38 bits per heavy atom. The molecule has 0 spiro atoms. The zero-order valence-corrected chi connectivity index (χ0v) is 10.4. The van der Waals surface area contributed by atoms with Crippen molar-refractivity contribution >= 4 is 0 Å². The van der Waals surface area contributed by atoms with Crippen LogP contribution in [0.2, 0.25) is 0 Å². The molecular weight excluding hydrogens is 200 g/mol. The molecule has 0 aliphatic heterocycles. The summed E-state index contributed by atoms with van der Waals surface area (Å²) in [5, 5.41) is 0. The SMILES string of the molecule is CCCC(OC)C(NN)c1ccccc1C. The van der Waals surface area contributed by atoms with Crippen LogP contribution in [0.25, 0.3) is 0 Å². The molecule has 0 fully saturated rings. The minimum absolute atomic E-state index is 0.0612. The van der Waals surface area contributed by atoms with Gasteiger partial charge in [-0.2, -0.15) is 0 Å². The first kappa shape index (κ1) is 13.2. The fourth-order valence-corrected chi connectivity index (χ4v) is 2.04. The molecule has 0 heterocycles. The van der Waals surface area contributed by atoms with Crippen molar-refractivity contribution < 1.29 is 4.74 Å². The average Bonchev–Trinajstić information content (AvgIpc) is 2.31. The van der Waals surface area contributed by atoms with Crippen LogP contribution in [0.4, 0.5) is 0 Å². The molecule has 2 unspecified atom stereocenters. The van der Waals surface area contributed by atoms with E-state index in [0.717, 1.165) is 12.8 Å². The van der Waals surface area contributed by atoms with Gasteiger partial charge in [-0.05, 0) is 24.5 Å². The van der Waals surface area contributed by atoms with Gasteiger partial charge in [-0.1, -0.05) is 37.6 Å². The van der Waals surface area contributed by atoms with Gasteiger partial charge in [-0.3, -0.25) is 11.3 Å². The van der Waals surface area contributed by atoms with Crippen LogP contribution in [0.3, 0.4) is 0 Å². The van der Waals surface area contributed by atoms with Crippen LogP contribution in [0.15, 0.2) is 24.3 Å². The second-order valence-electron chi connectivity index (χ2n) is 4.06. The Morgan fingerprint density at radius 2 is 2.06 bits per heavy atom. The Labute approximate surface area is 98.0 Å². The second-order valence-corrected chi connectivity index (χ2v) is 4.06. The van der Waals surface area contributed by atoms with Gasteiger partial charge in [-0.25, -0.2) is 0 Å². The third-order valence-corrected chi connectivity index (χ3v) is 2.95. The number of rotatable bonds is 6. The maximum Gasteiger partial charge on any atom is 0.0778 e. The van der Waals surface area contributed by atoms with E-state index in [-0.39, 0.29) is 12.1 Å². The smallest absolute Gasteiger partial charge is 0.0778 e. The molecule has 1 aromatic rings. The van der Waals surface area contributed by atoms with E-state index in [1.54, 1.807) is 7.11 Å². The fourth-order valence-electron chi connectivity index (χ4n) is 2.04. The minimum atomic E-state index is 0.0612. The molecule has 3 nitrogen and oxygen atoms in total. The van der Waals surface area contributed by atoms with E-state index >= 15 is 0 Å². The Kier molecular flexibility index (Phi) is 5.46. The first-order valence-electron chi connectivity index (χ1n) is 5.79. The van der Waals surface area contributed by atoms with Crippen molar-refractivity contribution in [2.45, 2.75) is 38.8 Å². The summed E-state index contributed by atoms with van der Waals surface area (Å²) >= 11 is 0. The summed E-state index contributed by atoms with van der Waals surface area (Å²) in [6.07, 6.45) is 2.21. The maximum atomic E-state index is 5.65. The van der Waals surface area contributed by atoms with Crippen LogP contribution in [-0.2, 0) is 4.74 Å². The molecule has 16 heavy (non-hydrogen) atoms.